The van der Waals surface area contributed by atoms with E-state index in [0.29, 0.717) is 22.2 Å². The van der Waals surface area contributed by atoms with Gasteiger partial charge in [-0.3, -0.25) is 4.79 Å². The van der Waals surface area contributed by atoms with Crippen molar-refractivity contribution in [1.82, 2.24) is 10.3 Å². The monoisotopic (exact) mass is 461 g/mol. The minimum absolute atomic E-state index is 0.0533. The number of pyridine rings is 1. The van der Waals surface area contributed by atoms with E-state index in [9.17, 15) is 10.1 Å². The number of fused-ring (bicyclic) bond motifs is 1. The Bertz CT molecular complexity index is 1140. The van der Waals surface area contributed by atoms with Gasteiger partial charge in [-0.25, -0.2) is 4.98 Å². The minimum atomic E-state index is -0.0533. The summed E-state index contributed by atoms with van der Waals surface area (Å²) >= 11 is 7.41. The van der Waals surface area contributed by atoms with Crippen molar-refractivity contribution in [2.45, 2.75) is 37.1 Å². The van der Waals surface area contributed by atoms with Crippen LogP contribution in [0.4, 0.5) is 0 Å². The molecule has 1 aliphatic carbocycles. The minimum Gasteiger partial charge on any atom is -0.355 e. The number of nitriles is 1. The lowest BCUT2D eigenvalue weighted by Gasteiger charge is -2.22. The van der Waals surface area contributed by atoms with Gasteiger partial charge in [0, 0.05) is 17.1 Å². The molecule has 2 aromatic carbocycles. The zero-order valence-corrected chi connectivity index (χ0v) is 19.3. The second-order valence-corrected chi connectivity index (χ2v) is 9.20. The number of rotatable bonds is 7. The van der Waals surface area contributed by atoms with E-state index in [1.165, 1.54) is 17.3 Å². The van der Waals surface area contributed by atoms with Gasteiger partial charge in [0.25, 0.3) is 0 Å². The molecule has 1 heterocycles. The summed E-state index contributed by atoms with van der Waals surface area (Å²) in [5.41, 5.74) is 5.96. The van der Waals surface area contributed by atoms with Crippen molar-refractivity contribution in [3.63, 3.8) is 0 Å². The number of carbonyl (C=O) groups excluding carboxylic acids is 1. The lowest BCUT2D eigenvalue weighted by atomic mass is 9.86. The Balaban J connectivity index is 1.51. The summed E-state index contributed by atoms with van der Waals surface area (Å²) in [5.74, 6) is 0.178. The van der Waals surface area contributed by atoms with E-state index in [0.717, 1.165) is 54.5 Å². The summed E-state index contributed by atoms with van der Waals surface area (Å²) in [6, 6.07) is 20.1. The van der Waals surface area contributed by atoms with Crippen molar-refractivity contribution in [3.05, 3.63) is 81.9 Å². The van der Waals surface area contributed by atoms with Crippen LogP contribution in [-0.2, 0) is 24.1 Å². The smallest absolute Gasteiger partial charge is 0.230 e. The first-order chi connectivity index (χ1) is 15.7. The summed E-state index contributed by atoms with van der Waals surface area (Å²) in [7, 11) is 0. The molecule has 4 nitrogen and oxygen atoms in total. The third-order valence-electron chi connectivity index (χ3n) is 5.63. The van der Waals surface area contributed by atoms with Crippen LogP contribution >= 0.6 is 23.4 Å². The molecule has 0 saturated carbocycles. The molecule has 3 aromatic rings. The zero-order chi connectivity index (χ0) is 22.3. The molecule has 0 unspecified atom stereocenters. The van der Waals surface area contributed by atoms with Gasteiger partial charge in [-0.05, 0) is 60.9 Å². The summed E-state index contributed by atoms with van der Waals surface area (Å²) in [5, 5.41) is 14.2. The maximum absolute atomic E-state index is 12.4. The van der Waals surface area contributed by atoms with Gasteiger partial charge < -0.3 is 5.32 Å². The number of amides is 1. The van der Waals surface area contributed by atoms with Crippen LogP contribution in [0.1, 0.15) is 35.1 Å². The van der Waals surface area contributed by atoms with Crippen molar-refractivity contribution < 1.29 is 4.79 Å². The Labute approximate surface area is 198 Å². The molecule has 1 aliphatic rings. The molecule has 4 rings (SSSR count). The number of halogens is 1. The summed E-state index contributed by atoms with van der Waals surface area (Å²) in [4.78, 5) is 17.3. The standard InChI is InChI=1S/C26H24ClN3OS/c27-20-12-10-19(11-13-20)25-22-9-5-4-8-21(22)23(16-28)26(30-25)32-17-24(31)29-15-14-18-6-2-1-3-7-18/h1-3,6-7,10-13H,4-5,8-9,14-15,17H2,(H,29,31). The molecule has 0 spiro atoms. The Kier molecular flexibility index (Phi) is 7.47. The van der Waals surface area contributed by atoms with Gasteiger partial charge in [-0.1, -0.05) is 65.8 Å². The average Bonchev–Trinajstić information content (AvgIpc) is 2.83. The van der Waals surface area contributed by atoms with E-state index in [2.05, 4.69) is 23.5 Å². The molecule has 32 heavy (non-hydrogen) atoms. The molecular formula is C26H24ClN3OS. The van der Waals surface area contributed by atoms with E-state index in [1.54, 1.807) is 0 Å². The Hall–Kier alpha value is -2.81. The molecule has 162 valence electrons. The molecule has 0 fully saturated rings. The maximum atomic E-state index is 12.4. The van der Waals surface area contributed by atoms with Gasteiger partial charge in [-0.2, -0.15) is 5.26 Å². The molecule has 6 heteroatoms. The molecule has 0 atom stereocenters. The largest absolute Gasteiger partial charge is 0.355 e. The fourth-order valence-corrected chi connectivity index (χ4v) is 5.00. The predicted octanol–water partition coefficient (Wildman–Crippen LogP) is 5.60. The summed E-state index contributed by atoms with van der Waals surface area (Å²) < 4.78 is 0. The fraction of sp³-hybridized carbons (Fsp3) is 0.269. The van der Waals surface area contributed by atoms with E-state index < -0.39 is 0 Å². The van der Waals surface area contributed by atoms with Crippen LogP contribution in [0.25, 0.3) is 11.3 Å². The Morgan fingerprint density at radius 2 is 1.78 bits per heavy atom. The molecule has 0 radical (unpaired) electrons. The van der Waals surface area contributed by atoms with E-state index in [-0.39, 0.29) is 11.7 Å². The number of hydrogen-bond acceptors (Lipinski definition) is 4. The number of nitrogens with zero attached hydrogens (tertiary/aromatic N) is 2. The number of nitrogens with one attached hydrogen (secondary N) is 1. The molecule has 1 amide bonds. The fourth-order valence-electron chi connectivity index (χ4n) is 4.04. The summed E-state index contributed by atoms with van der Waals surface area (Å²) in [6.45, 7) is 0.585. The van der Waals surface area contributed by atoms with Crippen molar-refractivity contribution in [3.8, 4) is 17.3 Å². The number of hydrogen-bond donors (Lipinski definition) is 1. The Morgan fingerprint density at radius 1 is 1.06 bits per heavy atom. The lowest BCUT2D eigenvalue weighted by Crippen LogP contribution is -2.27. The van der Waals surface area contributed by atoms with Crippen LogP contribution in [0, 0.1) is 11.3 Å². The van der Waals surface area contributed by atoms with Crippen molar-refractivity contribution in [2.75, 3.05) is 12.3 Å². The summed E-state index contributed by atoms with van der Waals surface area (Å²) in [6.07, 6.45) is 4.74. The zero-order valence-electron chi connectivity index (χ0n) is 17.7. The lowest BCUT2D eigenvalue weighted by molar-refractivity contribution is -0.118. The highest BCUT2D eigenvalue weighted by molar-refractivity contribution is 8.00. The molecular weight excluding hydrogens is 438 g/mol. The topological polar surface area (TPSA) is 65.8 Å². The van der Waals surface area contributed by atoms with Crippen LogP contribution in [-0.4, -0.2) is 23.2 Å². The molecule has 0 bridgehead atoms. The van der Waals surface area contributed by atoms with Crippen LogP contribution in [0.15, 0.2) is 59.6 Å². The van der Waals surface area contributed by atoms with Crippen molar-refractivity contribution >= 4 is 29.3 Å². The number of aromatic nitrogens is 1. The second-order valence-electron chi connectivity index (χ2n) is 7.80. The molecule has 0 saturated heterocycles. The first kappa shape index (κ1) is 22.4. The van der Waals surface area contributed by atoms with Crippen LogP contribution in [0.3, 0.4) is 0 Å². The van der Waals surface area contributed by atoms with Gasteiger partial charge in [0.2, 0.25) is 5.91 Å². The first-order valence-electron chi connectivity index (χ1n) is 10.8. The predicted molar refractivity (Wildman–Crippen MR) is 130 cm³/mol. The third-order valence-corrected chi connectivity index (χ3v) is 6.86. The maximum Gasteiger partial charge on any atom is 0.230 e. The van der Waals surface area contributed by atoms with Crippen LogP contribution in [0.2, 0.25) is 5.02 Å². The van der Waals surface area contributed by atoms with Crippen LogP contribution < -0.4 is 5.32 Å². The second kappa shape index (κ2) is 10.7. The van der Waals surface area contributed by atoms with Crippen LogP contribution in [0.5, 0.6) is 0 Å². The number of thioether (sulfide) groups is 1. The SMILES string of the molecule is N#Cc1c(SCC(=O)NCCc2ccccc2)nc(-c2ccc(Cl)cc2)c2c1CCCC2. The third kappa shape index (κ3) is 5.32. The van der Waals surface area contributed by atoms with Crippen molar-refractivity contribution in [1.29, 1.82) is 5.26 Å². The highest BCUT2D eigenvalue weighted by Crippen LogP contribution is 2.36. The molecule has 0 aliphatic heterocycles. The highest BCUT2D eigenvalue weighted by Gasteiger charge is 2.23. The van der Waals surface area contributed by atoms with Gasteiger partial charge in [0.15, 0.2) is 0 Å². The first-order valence-corrected chi connectivity index (χ1v) is 12.2. The van der Waals surface area contributed by atoms with Gasteiger partial charge in [-0.15, -0.1) is 0 Å². The number of carbonyl (C=O) groups is 1. The van der Waals surface area contributed by atoms with Crippen molar-refractivity contribution in [2.24, 2.45) is 0 Å². The van der Waals surface area contributed by atoms with Gasteiger partial charge in [0.1, 0.15) is 11.1 Å². The molecule has 1 N–H and O–H groups in total. The molecule has 1 aromatic heterocycles. The van der Waals surface area contributed by atoms with E-state index in [4.69, 9.17) is 16.6 Å². The normalized spacial score (nSPS) is 12.6. The number of benzene rings is 2. The van der Waals surface area contributed by atoms with Gasteiger partial charge >= 0.3 is 0 Å². The van der Waals surface area contributed by atoms with E-state index >= 15 is 0 Å². The quantitative estimate of drug-likeness (QED) is 0.465. The Morgan fingerprint density at radius 3 is 2.50 bits per heavy atom. The average molecular weight is 462 g/mol. The van der Waals surface area contributed by atoms with E-state index in [1.807, 2.05) is 42.5 Å². The highest BCUT2D eigenvalue weighted by atomic mass is 35.5. The van der Waals surface area contributed by atoms with Gasteiger partial charge in [0.05, 0.1) is 17.0 Å².